The zero-order valence-corrected chi connectivity index (χ0v) is 13.7. The Balaban J connectivity index is 1.63. The Morgan fingerprint density at radius 1 is 1.33 bits per heavy atom. The van der Waals surface area contributed by atoms with Crippen molar-refractivity contribution in [3.8, 4) is 0 Å². The number of fused-ring (bicyclic) bond motifs is 1. The van der Waals surface area contributed by atoms with Crippen LogP contribution in [0.4, 0.5) is 11.8 Å². The molecule has 2 N–H and O–H groups in total. The summed E-state index contributed by atoms with van der Waals surface area (Å²) in [7, 11) is 1.86. The van der Waals surface area contributed by atoms with Crippen LogP contribution in [0.1, 0.15) is 39.0 Å². The van der Waals surface area contributed by atoms with Crippen LogP contribution < -0.4 is 10.6 Å². The van der Waals surface area contributed by atoms with Gasteiger partial charge in [-0.1, -0.05) is 26.2 Å². The first-order chi connectivity index (χ1) is 10.3. The van der Waals surface area contributed by atoms with Gasteiger partial charge in [0.15, 0.2) is 0 Å². The highest BCUT2D eigenvalue weighted by Crippen LogP contribution is 2.31. The molecule has 0 saturated heterocycles. The lowest BCUT2D eigenvalue weighted by Crippen LogP contribution is -2.17. The van der Waals surface area contributed by atoms with Crippen molar-refractivity contribution in [1.82, 2.24) is 9.97 Å². The van der Waals surface area contributed by atoms with E-state index in [-0.39, 0.29) is 0 Å². The highest BCUT2D eigenvalue weighted by Gasteiger charge is 2.18. The molecule has 114 valence electrons. The Labute approximate surface area is 130 Å². The van der Waals surface area contributed by atoms with Gasteiger partial charge in [0.1, 0.15) is 10.6 Å². The number of thiophene rings is 1. The summed E-state index contributed by atoms with van der Waals surface area (Å²) in [6.45, 7) is 3.39. The Morgan fingerprint density at radius 3 is 3.05 bits per heavy atom. The van der Waals surface area contributed by atoms with Crippen molar-refractivity contribution in [1.29, 1.82) is 0 Å². The van der Waals surface area contributed by atoms with Gasteiger partial charge in [-0.05, 0) is 36.1 Å². The van der Waals surface area contributed by atoms with Gasteiger partial charge >= 0.3 is 0 Å². The molecule has 0 bridgehead atoms. The van der Waals surface area contributed by atoms with Gasteiger partial charge in [0, 0.05) is 13.6 Å². The summed E-state index contributed by atoms with van der Waals surface area (Å²) < 4.78 is 0. The number of anilines is 2. The van der Waals surface area contributed by atoms with Gasteiger partial charge in [-0.25, -0.2) is 4.98 Å². The third kappa shape index (κ3) is 3.46. The topological polar surface area (TPSA) is 49.8 Å². The first kappa shape index (κ1) is 14.6. The van der Waals surface area contributed by atoms with Gasteiger partial charge in [-0.2, -0.15) is 4.98 Å². The fourth-order valence-electron chi connectivity index (χ4n) is 3.32. The van der Waals surface area contributed by atoms with E-state index in [1.807, 2.05) is 7.05 Å². The third-order valence-electron chi connectivity index (χ3n) is 4.44. The predicted octanol–water partition coefficient (Wildman–Crippen LogP) is 4.36. The van der Waals surface area contributed by atoms with Crippen molar-refractivity contribution in [2.75, 3.05) is 24.2 Å². The average Bonchev–Trinajstić information content (AvgIpc) is 2.95. The number of nitrogens with one attached hydrogen (secondary N) is 2. The maximum atomic E-state index is 4.56. The Bertz CT molecular complexity index is 595. The van der Waals surface area contributed by atoms with Crippen LogP contribution in [-0.4, -0.2) is 23.6 Å². The van der Waals surface area contributed by atoms with E-state index in [4.69, 9.17) is 0 Å². The molecular formula is C16H24N4S. The van der Waals surface area contributed by atoms with Gasteiger partial charge in [-0.3, -0.25) is 0 Å². The second-order valence-electron chi connectivity index (χ2n) is 6.14. The molecule has 0 amide bonds. The van der Waals surface area contributed by atoms with Crippen molar-refractivity contribution in [2.45, 2.75) is 39.0 Å². The lowest BCUT2D eigenvalue weighted by molar-refractivity contribution is 0.274. The van der Waals surface area contributed by atoms with E-state index in [1.54, 1.807) is 11.3 Å². The van der Waals surface area contributed by atoms with E-state index in [9.17, 15) is 0 Å². The van der Waals surface area contributed by atoms with Crippen LogP contribution in [0.15, 0.2) is 11.4 Å². The van der Waals surface area contributed by atoms with E-state index in [0.29, 0.717) is 5.95 Å². The van der Waals surface area contributed by atoms with Crippen LogP contribution in [0, 0.1) is 11.8 Å². The molecule has 0 radical (unpaired) electrons. The molecule has 2 unspecified atom stereocenters. The number of hydrogen-bond donors (Lipinski definition) is 2. The second kappa shape index (κ2) is 6.60. The summed E-state index contributed by atoms with van der Waals surface area (Å²) in [4.78, 5) is 10.1. The molecule has 1 aliphatic carbocycles. The van der Waals surface area contributed by atoms with Crippen LogP contribution >= 0.6 is 11.3 Å². The molecule has 0 spiro atoms. The molecule has 3 rings (SSSR count). The molecule has 2 aromatic heterocycles. The molecule has 2 aromatic rings. The van der Waals surface area contributed by atoms with Crippen molar-refractivity contribution >= 4 is 33.3 Å². The zero-order valence-electron chi connectivity index (χ0n) is 12.9. The fourth-order valence-corrected chi connectivity index (χ4v) is 4.08. The average molecular weight is 304 g/mol. The molecule has 5 heteroatoms. The molecule has 21 heavy (non-hydrogen) atoms. The van der Waals surface area contributed by atoms with Gasteiger partial charge in [0.25, 0.3) is 0 Å². The molecule has 2 heterocycles. The zero-order chi connectivity index (χ0) is 14.7. The standard InChI is InChI=1S/C16H24N4S/c1-11-4-3-5-12(10-11)6-8-18-14-13-7-9-21-15(13)20-16(17-2)19-14/h7,9,11-12H,3-6,8,10H2,1-2H3,(H2,17,18,19,20). The van der Waals surface area contributed by atoms with Crippen LogP contribution in [0.5, 0.6) is 0 Å². The molecular weight excluding hydrogens is 280 g/mol. The van der Waals surface area contributed by atoms with Crippen LogP contribution in [0.3, 0.4) is 0 Å². The number of aromatic nitrogens is 2. The van der Waals surface area contributed by atoms with Gasteiger partial charge in [-0.15, -0.1) is 11.3 Å². The summed E-state index contributed by atoms with van der Waals surface area (Å²) in [5.41, 5.74) is 0. The van der Waals surface area contributed by atoms with Crippen LogP contribution in [0.25, 0.3) is 10.2 Å². The van der Waals surface area contributed by atoms with Crippen LogP contribution in [-0.2, 0) is 0 Å². The van der Waals surface area contributed by atoms with Crippen molar-refractivity contribution in [3.63, 3.8) is 0 Å². The van der Waals surface area contributed by atoms with E-state index in [2.05, 4.69) is 39.0 Å². The summed E-state index contributed by atoms with van der Waals surface area (Å²) in [6.07, 6.45) is 6.84. The maximum absolute atomic E-state index is 4.56. The minimum atomic E-state index is 0.693. The van der Waals surface area contributed by atoms with Crippen molar-refractivity contribution < 1.29 is 0 Å². The lowest BCUT2D eigenvalue weighted by Gasteiger charge is -2.26. The predicted molar refractivity (Wildman–Crippen MR) is 91.2 cm³/mol. The molecule has 2 atom stereocenters. The first-order valence-corrected chi connectivity index (χ1v) is 8.81. The Morgan fingerprint density at radius 2 is 2.24 bits per heavy atom. The van der Waals surface area contributed by atoms with E-state index in [1.165, 1.54) is 32.1 Å². The lowest BCUT2D eigenvalue weighted by atomic mass is 9.81. The third-order valence-corrected chi connectivity index (χ3v) is 5.25. The minimum absolute atomic E-state index is 0.693. The van der Waals surface area contributed by atoms with Crippen molar-refractivity contribution in [2.24, 2.45) is 11.8 Å². The van der Waals surface area contributed by atoms with Crippen LogP contribution in [0.2, 0.25) is 0 Å². The Kier molecular flexibility index (Phi) is 4.58. The maximum Gasteiger partial charge on any atom is 0.225 e. The highest BCUT2D eigenvalue weighted by molar-refractivity contribution is 7.16. The normalized spacial score (nSPS) is 22.4. The molecule has 4 nitrogen and oxygen atoms in total. The van der Waals surface area contributed by atoms with Crippen molar-refractivity contribution in [3.05, 3.63) is 11.4 Å². The van der Waals surface area contributed by atoms with E-state index in [0.717, 1.165) is 34.4 Å². The molecule has 1 fully saturated rings. The fraction of sp³-hybridized carbons (Fsp3) is 0.625. The molecule has 0 aliphatic heterocycles. The summed E-state index contributed by atoms with van der Waals surface area (Å²) in [5.74, 6) is 3.44. The molecule has 1 saturated carbocycles. The monoisotopic (exact) mass is 304 g/mol. The summed E-state index contributed by atoms with van der Waals surface area (Å²) >= 11 is 1.66. The second-order valence-corrected chi connectivity index (χ2v) is 7.03. The molecule has 0 aromatic carbocycles. The number of nitrogens with zero attached hydrogens (tertiary/aromatic N) is 2. The quantitative estimate of drug-likeness (QED) is 0.861. The number of hydrogen-bond acceptors (Lipinski definition) is 5. The first-order valence-electron chi connectivity index (χ1n) is 7.93. The molecule has 1 aliphatic rings. The smallest absolute Gasteiger partial charge is 0.225 e. The minimum Gasteiger partial charge on any atom is -0.369 e. The van der Waals surface area contributed by atoms with Gasteiger partial charge in [0.05, 0.1) is 5.39 Å². The number of rotatable bonds is 5. The Hall–Kier alpha value is -1.36. The summed E-state index contributed by atoms with van der Waals surface area (Å²) in [5, 5.41) is 9.78. The largest absolute Gasteiger partial charge is 0.369 e. The van der Waals surface area contributed by atoms with Gasteiger partial charge in [0.2, 0.25) is 5.95 Å². The van der Waals surface area contributed by atoms with E-state index >= 15 is 0 Å². The van der Waals surface area contributed by atoms with Gasteiger partial charge < -0.3 is 10.6 Å². The highest BCUT2D eigenvalue weighted by atomic mass is 32.1. The summed E-state index contributed by atoms with van der Waals surface area (Å²) in [6, 6.07) is 2.10. The van der Waals surface area contributed by atoms with E-state index < -0.39 is 0 Å². The SMILES string of the molecule is CNc1nc(NCCC2CCCC(C)C2)c2ccsc2n1.